The van der Waals surface area contributed by atoms with Crippen LogP contribution in [0.25, 0.3) is 66.1 Å². The fraction of sp³-hybridized carbons (Fsp3) is 0.167. The van der Waals surface area contributed by atoms with E-state index in [1.807, 2.05) is 48.7 Å². The van der Waals surface area contributed by atoms with Gasteiger partial charge in [0.05, 0.1) is 21.3 Å². The Bertz CT molecular complexity index is 2400. The molecule has 0 saturated carbocycles. The number of aryl methyl sites for hydroxylation is 2. The van der Waals surface area contributed by atoms with Gasteiger partial charge >= 0.3 is 0 Å². The van der Waals surface area contributed by atoms with Gasteiger partial charge in [0.15, 0.2) is 22.7 Å². The zero-order valence-electron chi connectivity index (χ0n) is 27.7. The highest BCUT2D eigenvalue weighted by Crippen LogP contribution is 2.44. The minimum Gasteiger partial charge on any atom is -0.493 e. The molecule has 0 amide bonds. The molecule has 8 aromatic rings. The van der Waals surface area contributed by atoms with E-state index < -0.39 is 0 Å². The molecule has 0 bridgehead atoms. The largest absolute Gasteiger partial charge is 0.493 e. The van der Waals surface area contributed by atoms with Crippen LogP contribution >= 0.6 is 0 Å². The number of aromatic nitrogens is 3. The van der Waals surface area contributed by atoms with E-state index in [2.05, 4.69) is 63.5 Å². The lowest BCUT2D eigenvalue weighted by Gasteiger charge is -2.20. The van der Waals surface area contributed by atoms with Crippen molar-refractivity contribution in [3.63, 3.8) is 0 Å². The van der Waals surface area contributed by atoms with Crippen LogP contribution in [0.2, 0.25) is 0 Å². The van der Waals surface area contributed by atoms with Crippen molar-refractivity contribution in [1.82, 2.24) is 15.0 Å². The van der Waals surface area contributed by atoms with Gasteiger partial charge in [-0.3, -0.25) is 4.98 Å². The number of hydrogen-bond acceptors (Lipinski definition) is 7. The molecule has 4 aromatic carbocycles. The van der Waals surface area contributed by atoms with Gasteiger partial charge < -0.3 is 18.6 Å². The van der Waals surface area contributed by atoms with Gasteiger partial charge in [0, 0.05) is 41.2 Å². The first kappa shape index (κ1) is 30.4. The van der Waals surface area contributed by atoms with Crippen molar-refractivity contribution >= 4 is 43.7 Å². The quantitative estimate of drug-likeness (QED) is 0.172. The number of furan rings is 1. The fourth-order valence-electron chi connectivity index (χ4n) is 7.08. The van der Waals surface area contributed by atoms with Crippen molar-refractivity contribution in [3.05, 3.63) is 121 Å². The van der Waals surface area contributed by atoms with E-state index in [4.69, 9.17) is 18.6 Å². The van der Waals surface area contributed by atoms with Crippen molar-refractivity contribution in [1.29, 1.82) is 0 Å². The van der Waals surface area contributed by atoms with Gasteiger partial charge in [-0.2, -0.15) is 0 Å². The number of ether oxygens (including phenoxy) is 3. The Labute approximate surface area is 284 Å². The maximum absolute atomic E-state index is 6.57. The molecule has 0 unspecified atom stereocenters. The molecule has 4 heterocycles. The highest BCUT2D eigenvalue weighted by atomic mass is 16.5. The van der Waals surface area contributed by atoms with Crippen molar-refractivity contribution in [3.8, 4) is 39.7 Å². The van der Waals surface area contributed by atoms with Gasteiger partial charge in [0.25, 0.3) is 0 Å². The van der Waals surface area contributed by atoms with Gasteiger partial charge in [-0.05, 0) is 112 Å². The molecule has 7 nitrogen and oxygen atoms in total. The number of rotatable bonds is 5. The summed E-state index contributed by atoms with van der Waals surface area (Å²) in [5.74, 6) is 2.38. The molecule has 1 aliphatic rings. The molecule has 4 aromatic heterocycles. The summed E-state index contributed by atoms with van der Waals surface area (Å²) in [4.78, 5) is 12.8. The molecule has 49 heavy (non-hydrogen) atoms. The lowest BCUT2D eigenvalue weighted by Crippen LogP contribution is -2.03. The molecule has 0 spiro atoms. The third-order valence-corrected chi connectivity index (χ3v) is 9.40. The lowest BCUT2D eigenvalue weighted by atomic mass is 9.84. The smallest absolute Gasteiger partial charge is 0.203 e. The predicted octanol–water partition coefficient (Wildman–Crippen LogP) is 10.0. The second kappa shape index (κ2) is 12.9. The van der Waals surface area contributed by atoms with Crippen LogP contribution in [0.3, 0.4) is 0 Å². The molecule has 1 aliphatic carbocycles. The lowest BCUT2D eigenvalue weighted by molar-refractivity contribution is 0.324. The maximum atomic E-state index is 6.57. The number of benzene rings is 4. The minimum absolute atomic E-state index is 0.546. The number of nitrogens with zero attached hydrogens (tertiary/aromatic N) is 3. The van der Waals surface area contributed by atoms with Gasteiger partial charge in [-0.25, -0.2) is 9.97 Å². The summed E-state index contributed by atoms with van der Waals surface area (Å²) < 4.78 is 23.2. The predicted molar refractivity (Wildman–Crippen MR) is 196 cm³/mol. The Kier molecular flexibility index (Phi) is 8.01. The summed E-state index contributed by atoms with van der Waals surface area (Å²) in [6.07, 6.45) is 10.1. The standard InChI is InChI=1S/C34H29NO4.C8H6N2/c1-36-31-16-21(17-32(37-2)34(31)38-3)30-19-29-33(39-30)26(14-15-35-29)28-18-27-22-9-5-4-8-20(22)12-13-25(27)23-10-6-7-11-24(23)28;1-3-7-4-2-6-10-8(7)9-5-1/h6-7,10-19H,4-5,8-9H2,1-3H3;1-6H. The van der Waals surface area contributed by atoms with E-state index in [9.17, 15) is 0 Å². The summed E-state index contributed by atoms with van der Waals surface area (Å²) >= 11 is 0. The molecular formula is C42H35N3O4. The number of methoxy groups -OCH3 is 3. The van der Waals surface area contributed by atoms with Crippen LogP contribution in [0.1, 0.15) is 24.0 Å². The summed E-state index contributed by atoms with van der Waals surface area (Å²) in [5.41, 5.74) is 8.37. The Balaban J connectivity index is 0.000000298. The molecule has 0 aliphatic heterocycles. The van der Waals surface area contributed by atoms with E-state index >= 15 is 0 Å². The monoisotopic (exact) mass is 645 g/mol. The minimum atomic E-state index is 0.546. The molecular weight excluding hydrogens is 610 g/mol. The van der Waals surface area contributed by atoms with Crippen molar-refractivity contribution < 1.29 is 18.6 Å². The summed E-state index contributed by atoms with van der Waals surface area (Å²) in [6.45, 7) is 0. The Morgan fingerprint density at radius 3 is 2.02 bits per heavy atom. The van der Waals surface area contributed by atoms with Crippen molar-refractivity contribution in [2.24, 2.45) is 0 Å². The SMILES string of the molecule is COc1cc(-c2cc3nccc(-c4cc5c6c(ccc5c5ccccc45)CCCC6)c3o2)cc(OC)c1OC.c1cnc2ncccc2c1. The molecule has 0 atom stereocenters. The number of pyridine rings is 3. The molecule has 242 valence electrons. The molecule has 0 saturated heterocycles. The average molecular weight is 646 g/mol. The first-order chi connectivity index (χ1) is 24.2. The molecule has 0 fully saturated rings. The maximum Gasteiger partial charge on any atom is 0.203 e. The van der Waals surface area contributed by atoms with Gasteiger partial charge in [-0.1, -0.05) is 36.4 Å². The zero-order chi connectivity index (χ0) is 33.3. The summed E-state index contributed by atoms with van der Waals surface area (Å²) in [6, 6.07) is 31.3. The number of fused-ring (bicyclic) bond motifs is 7. The third-order valence-electron chi connectivity index (χ3n) is 9.40. The van der Waals surface area contributed by atoms with E-state index in [1.54, 1.807) is 33.7 Å². The second-order valence-corrected chi connectivity index (χ2v) is 12.1. The van der Waals surface area contributed by atoms with E-state index in [1.165, 1.54) is 45.5 Å². The van der Waals surface area contributed by atoms with Crippen LogP contribution in [0.4, 0.5) is 0 Å². The topological polar surface area (TPSA) is 79.5 Å². The van der Waals surface area contributed by atoms with Crippen LogP contribution in [0.15, 0.2) is 114 Å². The molecule has 0 radical (unpaired) electrons. The molecule has 0 N–H and O–H groups in total. The van der Waals surface area contributed by atoms with Crippen molar-refractivity contribution in [2.75, 3.05) is 21.3 Å². The van der Waals surface area contributed by atoms with Gasteiger partial charge in [0.1, 0.15) is 11.3 Å². The Morgan fingerprint density at radius 2 is 1.31 bits per heavy atom. The highest BCUT2D eigenvalue weighted by molar-refractivity contribution is 6.16. The average Bonchev–Trinajstić information content (AvgIpc) is 3.62. The molecule has 9 rings (SSSR count). The van der Waals surface area contributed by atoms with Crippen LogP contribution in [-0.4, -0.2) is 36.3 Å². The summed E-state index contributed by atoms with van der Waals surface area (Å²) in [5, 5.41) is 6.23. The first-order valence-corrected chi connectivity index (χ1v) is 16.5. The molecule has 7 heteroatoms. The first-order valence-electron chi connectivity index (χ1n) is 16.5. The second-order valence-electron chi connectivity index (χ2n) is 12.1. The Morgan fingerprint density at radius 1 is 0.592 bits per heavy atom. The van der Waals surface area contributed by atoms with Gasteiger partial charge in [0.2, 0.25) is 5.75 Å². The highest BCUT2D eigenvalue weighted by Gasteiger charge is 2.21. The fourth-order valence-corrected chi connectivity index (χ4v) is 7.08. The van der Waals surface area contributed by atoms with Gasteiger partial charge in [-0.15, -0.1) is 0 Å². The third kappa shape index (κ3) is 5.47. The van der Waals surface area contributed by atoms with Crippen LogP contribution in [-0.2, 0) is 12.8 Å². The zero-order valence-corrected chi connectivity index (χ0v) is 27.7. The van der Waals surface area contributed by atoms with Crippen LogP contribution < -0.4 is 14.2 Å². The van der Waals surface area contributed by atoms with E-state index in [0.29, 0.717) is 23.0 Å². The summed E-state index contributed by atoms with van der Waals surface area (Å²) in [7, 11) is 4.83. The van der Waals surface area contributed by atoms with Crippen LogP contribution in [0, 0.1) is 0 Å². The van der Waals surface area contributed by atoms with Crippen molar-refractivity contribution in [2.45, 2.75) is 25.7 Å². The Hall–Kier alpha value is -5.95. The van der Waals surface area contributed by atoms with Crippen LogP contribution in [0.5, 0.6) is 17.2 Å². The van der Waals surface area contributed by atoms with E-state index in [0.717, 1.165) is 51.7 Å². The normalized spacial score (nSPS) is 12.5. The van der Waals surface area contributed by atoms with E-state index in [-0.39, 0.29) is 0 Å². The number of hydrogen-bond donors (Lipinski definition) is 0.